The van der Waals surface area contributed by atoms with Crippen LogP contribution < -0.4 is 30.7 Å². The van der Waals surface area contributed by atoms with Gasteiger partial charge in [-0.15, -0.1) is 9.24 Å². The molecule has 6 heteroatoms. The van der Waals surface area contributed by atoms with E-state index in [4.69, 9.17) is 32.7 Å². The normalized spacial score (nSPS) is 10.9. The van der Waals surface area contributed by atoms with Gasteiger partial charge in [0.15, 0.2) is 0 Å². The third-order valence-electron chi connectivity index (χ3n) is 5.16. The van der Waals surface area contributed by atoms with Crippen molar-refractivity contribution in [1.29, 1.82) is 0 Å². The van der Waals surface area contributed by atoms with Gasteiger partial charge in [-0.2, -0.15) is 0 Å². The Morgan fingerprint density at radius 3 is 1.59 bits per heavy atom. The summed E-state index contributed by atoms with van der Waals surface area (Å²) in [5.74, 6) is 1.20. The second-order valence-electron chi connectivity index (χ2n) is 7.03. The molecule has 0 heterocycles. The molecule has 0 aliphatic carbocycles. The van der Waals surface area contributed by atoms with E-state index in [-0.39, 0.29) is 0 Å². The topological polar surface area (TPSA) is 18.5 Å². The summed E-state index contributed by atoms with van der Waals surface area (Å²) < 4.78 is 11.6. The molecule has 162 valence electrons. The molecule has 0 amide bonds. The van der Waals surface area contributed by atoms with Crippen LogP contribution in [0.1, 0.15) is 0 Å². The van der Waals surface area contributed by atoms with Crippen molar-refractivity contribution in [1.82, 2.24) is 0 Å². The number of hydrogen-bond donors (Lipinski definition) is 0. The molecule has 0 bridgehead atoms. The van der Waals surface area contributed by atoms with Gasteiger partial charge in [-0.3, -0.25) is 0 Å². The summed E-state index contributed by atoms with van der Waals surface area (Å²) in [7, 11) is 5.14. The standard InChI is InChI=1S/C26H22Cl2O2P2/c1-29-25-19(27)13-15-21(31)23(25)24-22(16-14-20(28)26(24)30-2)32(17-9-5-3-6-10-17)18-11-7-4-8-12-18/h3-16H,31H2,1-2H3. The lowest BCUT2D eigenvalue weighted by molar-refractivity contribution is 0.411. The van der Waals surface area contributed by atoms with Gasteiger partial charge in [-0.05, 0) is 41.3 Å². The molecular formula is C26H22Cl2O2P2. The monoisotopic (exact) mass is 498 g/mol. The van der Waals surface area contributed by atoms with E-state index in [1.165, 1.54) is 10.6 Å². The van der Waals surface area contributed by atoms with E-state index < -0.39 is 7.92 Å². The van der Waals surface area contributed by atoms with Crippen LogP contribution in [0, 0.1) is 0 Å². The van der Waals surface area contributed by atoms with Crippen LogP contribution in [0.4, 0.5) is 0 Å². The Kier molecular flexibility index (Phi) is 7.39. The first-order chi connectivity index (χ1) is 15.6. The van der Waals surface area contributed by atoms with Crippen LogP contribution in [-0.4, -0.2) is 14.2 Å². The molecule has 0 saturated heterocycles. The van der Waals surface area contributed by atoms with Gasteiger partial charge >= 0.3 is 0 Å². The van der Waals surface area contributed by atoms with Crippen LogP contribution in [0.15, 0.2) is 84.9 Å². The summed E-state index contributed by atoms with van der Waals surface area (Å²) in [5, 5.41) is 5.59. The van der Waals surface area contributed by atoms with Crippen LogP contribution in [0.3, 0.4) is 0 Å². The van der Waals surface area contributed by atoms with Gasteiger partial charge in [-0.1, -0.05) is 96.0 Å². The second-order valence-corrected chi connectivity index (χ2v) is 10.6. The van der Waals surface area contributed by atoms with Gasteiger partial charge < -0.3 is 9.47 Å². The van der Waals surface area contributed by atoms with Crippen molar-refractivity contribution in [3.8, 4) is 22.6 Å². The van der Waals surface area contributed by atoms with E-state index >= 15 is 0 Å². The Hall–Kier alpha value is -2.08. The quantitative estimate of drug-likeness (QED) is 0.306. The van der Waals surface area contributed by atoms with Gasteiger partial charge in [-0.25, -0.2) is 0 Å². The van der Waals surface area contributed by atoms with Crippen LogP contribution in [0.5, 0.6) is 11.5 Å². The molecular weight excluding hydrogens is 477 g/mol. The van der Waals surface area contributed by atoms with Gasteiger partial charge in [0.25, 0.3) is 0 Å². The Bertz CT molecular complexity index is 1190. The van der Waals surface area contributed by atoms with Gasteiger partial charge in [0.05, 0.1) is 24.3 Å². The number of rotatable bonds is 6. The maximum absolute atomic E-state index is 6.64. The molecule has 32 heavy (non-hydrogen) atoms. The highest BCUT2D eigenvalue weighted by molar-refractivity contribution is 7.80. The molecule has 1 unspecified atom stereocenters. The molecule has 0 aliphatic heterocycles. The lowest BCUT2D eigenvalue weighted by Gasteiger charge is -2.26. The third-order valence-corrected chi connectivity index (χ3v) is 8.72. The summed E-state index contributed by atoms with van der Waals surface area (Å²) in [6, 6.07) is 28.8. The zero-order valence-electron chi connectivity index (χ0n) is 17.7. The van der Waals surface area contributed by atoms with Crippen molar-refractivity contribution in [3.63, 3.8) is 0 Å². The third kappa shape index (κ3) is 4.39. The number of ether oxygens (including phenoxy) is 2. The molecule has 2 nitrogen and oxygen atoms in total. The van der Waals surface area contributed by atoms with E-state index in [1.807, 2.05) is 30.3 Å². The van der Waals surface area contributed by atoms with E-state index in [2.05, 4.69) is 63.8 Å². The highest BCUT2D eigenvalue weighted by Gasteiger charge is 2.27. The molecule has 0 N–H and O–H groups in total. The number of benzene rings is 4. The Labute approximate surface area is 202 Å². The van der Waals surface area contributed by atoms with Crippen molar-refractivity contribution in [3.05, 3.63) is 95.0 Å². The van der Waals surface area contributed by atoms with Crippen molar-refractivity contribution >= 4 is 61.6 Å². The highest BCUT2D eigenvalue weighted by Crippen LogP contribution is 2.47. The lowest BCUT2D eigenvalue weighted by atomic mass is 10.0. The van der Waals surface area contributed by atoms with Crippen LogP contribution in [0.25, 0.3) is 11.1 Å². The summed E-state index contributed by atoms with van der Waals surface area (Å²) >= 11 is 13.2. The first-order valence-corrected chi connectivity index (χ1v) is 12.6. The highest BCUT2D eigenvalue weighted by atomic mass is 35.5. The Balaban J connectivity index is 2.12. The zero-order valence-corrected chi connectivity index (χ0v) is 21.2. The Morgan fingerprint density at radius 1 is 0.625 bits per heavy atom. The summed E-state index contributed by atoms with van der Waals surface area (Å²) in [6.07, 6.45) is 0. The molecule has 0 saturated carbocycles. The number of methoxy groups -OCH3 is 2. The van der Waals surface area contributed by atoms with E-state index in [0.717, 1.165) is 21.7 Å². The van der Waals surface area contributed by atoms with Crippen LogP contribution in [-0.2, 0) is 0 Å². The molecule has 4 aromatic rings. The molecule has 4 rings (SSSR count). The fourth-order valence-electron chi connectivity index (χ4n) is 3.79. The first kappa shape index (κ1) is 23.1. The van der Waals surface area contributed by atoms with Crippen LogP contribution in [0.2, 0.25) is 10.0 Å². The summed E-state index contributed by atoms with van der Waals surface area (Å²) in [6.45, 7) is 0. The van der Waals surface area contributed by atoms with Crippen molar-refractivity contribution in [2.45, 2.75) is 0 Å². The number of halogens is 2. The maximum atomic E-state index is 6.64. The van der Waals surface area contributed by atoms with Gasteiger partial charge in [0, 0.05) is 11.1 Å². The molecule has 0 radical (unpaired) electrons. The summed E-state index contributed by atoms with van der Waals surface area (Å²) in [5.41, 5.74) is 1.75. The molecule has 0 spiro atoms. The first-order valence-electron chi connectivity index (χ1n) is 9.95. The minimum absolute atomic E-state index is 0.533. The predicted molar refractivity (Wildman–Crippen MR) is 143 cm³/mol. The molecule has 1 atom stereocenters. The zero-order chi connectivity index (χ0) is 22.7. The fraction of sp³-hybridized carbons (Fsp3) is 0.0769. The van der Waals surface area contributed by atoms with E-state index in [9.17, 15) is 0 Å². The molecule has 0 aliphatic rings. The predicted octanol–water partition coefficient (Wildman–Crippen LogP) is 5.94. The minimum atomic E-state index is -0.911. The smallest absolute Gasteiger partial charge is 0.146 e. The largest absolute Gasteiger partial charge is 0.495 e. The van der Waals surface area contributed by atoms with Gasteiger partial charge in [0.2, 0.25) is 0 Å². The maximum Gasteiger partial charge on any atom is 0.146 e. The second kappa shape index (κ2) is 10.2. The van der Waals surface area contributed by atoms with Crippen molar-refractivity contribution in [2.75, 3.05) is 14.2 Å². The SMILES string of the molecule is COc1c(Cl)ccc(P)c1-c1c(P(c2ccccc2)c2ccccc2)ccc(Cl)c1OC. The van der Waals surface area contributed by atoms with Crippen molar-refractivity contribution in [2.24, 2.45) is 0 Å². The molecule has 0 aromatic heterocycles. The van der Waals surface area contributed by atoms with Crippen LogP contribution >= 0.6 is 40.4 Å². The van der Waals surface area contributed by atoms with Gasteiger partial charge in [0.1, 0.15) is 11.5 Å². The lowest BCUT2D eigenvalue weighted by Crippen LogP contribution is -2.23. The molecule has 0 fully saturated rings. The average Bonchev–Trinajstić information content (AvgIpc) is 2.82. The summed E-state index contributed by atoms with van der Waals surface area (Å²) in [4.78, 5) is 0. The fourth-order valence-corrected chi connectivity index (χ4v) is 7.08. The minimum Gasteiger partial charge on any atom is -0.495 e. The molecule has 4 aromatic carbocycles. The van der Waals surface area contributed by atoms with Crippen molar-refractivity contribution < 1.29 is 9.47 Å². The van der Waals surface area contributed by atoms with E-state index in [0.29, 0.717) is 21.5 Å². The average molecular weight is 499 g/mol. The Morgan fingerprint density at radius 2 is 1.09 bits per heavy atom. The number of hydrogen-bond acceptors (Lipinski definition) is 2. The van der Waals surface area contributed by atoms with E-state index in [1.54, 1.807) is 14.2 Å².